The van der Waals surface area contributed by atoms with Crippen molar-refractivity contribution in [2.45, 2.75) is 20.3 Å². The van der Waals surface area contributed by atoms with E-state index in [0.717, 1.165) is 17.0 Å². The lowest BCUT2D eigenvalue weighted by Crippen LogP contribution is -2.38. The summed E-state index contributed by atoms with van der Waals surface area (Å²) < 4.78 is 36.4. The summed E-state index contributed by atoms with van der Waals surface area (Å²) in [4.78, 5) is 12.2. The average Bonchev–Trinajstić information content (AvgIpc) is 2.71. The standard InChI is InChI=1S/C21H27N3O5S/c1-4-13-29-19-12-11-17(14-20(19)28-5-2)15-22-23-21(25)16-24(30(3,26)27)18-9-7-6-8-10-18/h6-12,14-15H,4-5,13,16H2,1-3H3,(H,23,25)/b22-15-. The molecule has 0 unspecified atom stereocenters. The molecule has 0 aromatic heterocycles. The summed E-state index contributed by atoms with van der Waals surface area (Å²) in [5, 5.41) is 3.92. The molecule has 0 heterocycles. The Hall–Kier alpha value is -3.07. The Morgan fingerprint density at radius 3 is 2.47 bits per heavy atom. The third-order valence-corrected chi connectivity index (χ3v) is 5.00. The van der Waals surface area contributed by atoms with Gasteiger partial charge in [0.25, 0.3) is 5.91 Å². The van der Waals surface area contributed by atoms with Gasteiger partial charge in [0.15, 0.2) is 11.5 Å². The Morgan fingerprint density at radius 1 is 1.10 bits per heavy atom. The first-order valence-corrected chi connectivity index (χ1v) is 11.4. The number of carbonyl (C=O) groups excluding carboxylic acids is 1. The van der Waals surface area contributed by atoms with Crippen molar-refractivity contribution in [1.82, 2.24) is 5.43 Å². The van der Waals surface area contributed by atoms with Gasteiger partial charge in [-0.05, 0) is 49.2 Å². The summed E-state index contributed by atoms with van der Waals surface area (Å²) in [5.41, 5.74) is 3.46. The van der Waals surface area contributed by atoms with Crippen molar-refractivity contribution in [3.05, 3.63) is 54.1 Å². The molecule has 30 heavy (non-hydrogen) atoms. The summed E-state index contributed by atoms with van der Waals surface area (Å²) in [6, 6.07) is 13.7. The van der Waals surface area contributed by atoms with E-state index in [1.165, 1.54) is 6.21 Å². The van der Waals surface area contributed by atoms with Crippen LogP contribution in [0.2, 0.25) is 0 Å². The molecule has 9 heteroatoms. The van der Waals surface area contributed by atoms with E-state index in [-0.39, 0.29) is 6.54 Å². The molecule has 162 valence electrons. The Labute approximate surface area is 177 Å². The zero-order valence-corrected chi connectivity index (χ0v) is 18.2. The van der Waals surface area contributed by atoms with Crippen LogP contribution in [0.25, 0.3) is 0 Å². The molecule has 0 radical (unpaired) electrons. The summed E-state index contributed by atoms with van der Waals surface area (Å²) >= 11 is 0. The SMILES string of the molecule is CCCOc1ccc(/C=N\NC(=O)CN(c2ccccc2)S(C)(=O)=O)cc1OCC. The Balaban J connectivity index is 2.05. The van der Waals surface area contributed by atoms with Crippen LogP contribution in [0.4, 0.5) is 5.69 Å². The molecular weight excluding hydrogens is 406 g/mol. The van der Waals surface area contributed by atoms with E-state index >= 15 is 0 Å². The molecule has 0 aliphatic carbocycles. The number of rotatable bonds is 11. The summed E-state index contributed by atoms with van der Waals surface area (Å²) in [6.07, 6.45) is 3.39. The van der Waals surface area contributed by atoms with E-state index in [0.29, 0.717) is 36.0 Å². The predicted octanol–water partition coefficient (Wildman–Crippen LogP) is 2.79. The third-order valence-electron chi connectivity index (χ3n) is 3.86. The first kappa shape index (κ1) is 23.2. The van der Waals surface area contributed by atoms with Crippen molar-refractivity contribution >= 4 is 27.8 Å². The molecule has 8 nitrogen and oxygen atoms in total. The molecule has 0 saturated heterocycles. The maximum absolute atomic E-state index is 12.2. The molecule has 2 aromatic rings. The smallest absolute Gasteiger partial charge is 0.260 e. The Kier molecular flexibility index (Phi) is 8.67. The van der Waals surface area contributed by atoms with Crippen LogP contribution >= 0.6 is 0 Å². The van der Waals surface area contributed by atoms with Gasteiger partial charge in [-0.3, -0.25) is 9.10 Å². The number of para-hydroxylation sites is 1. The molecule has 0 atom stereocenters. The number of hydrogen-bond acceptors (Lipinski definition) is 6. The highest BCUT2D eigenvalue weighted by Gasteiger charge is 2.20. The highest BCUT2D eigenvalue weighted by molar-refractivity contribution is 7.92. The number of nitrogens with one attached hydrogen (secondary N) is 1. The highest BCUT2D eigenvalue weighted by Crippen LogP contribution is 2.28. The van der Waals surface area contributed by atoms with Gasteiger partial charge < -0.3 is 9.47 Å². The number of nitrogens with zero attached hydrogens (tertiary/aromatic N) is 2. The van der Waals surface area contributed by atoms with Crippen LogP contribution in [-0.2, 0) is 14.8 Å². The Morgan fingerprint density at radius 2 is 1.83 bits per heavy atom. The van der Waals surface area contributed by atoms with E-state index in [4.69, 9.17) is 9.47 Å². The van der Waals surface area contributed by atoms with Crippen LogP contribution in [0.15, 0.2) is 53.6 Å². The molecular formula is C21H27N3O5S. The van der Waals surface area contributed by atoms with E-state index in [9.17, 15) is 13.2 Å². The highest BCUT2D eigenvalue weighted by atomic mass is 32.2. The van der Waals surface area contributed by atoms with Crippen molar-refractivity contribution < 1.29 is 22.7 Å². The van der Waals surface area contributed by atoms with Crippen LogP contribution in [-0.4, -0.2) is 46.6 Å². The Bertz CT molecular complexity index is 962. The third kappa shape index (κ3) is 7.07. The second-order valence-corrected chi connectivity index (χ2v) is 8.29. The van der Waals surface area contributed by atoms with Crippen molar-refractivity contribution in [1.29, 1.82) is 0 Å². The first-order chi connectivity index (χ1) is 14.3. The van der Waals surface area contributed by atoms with Gasteiger partial charge in [0.2, 0.25) is 10.0 Å². The fraction of sp³-hybridized carbons (Fsp3) is 0.333. The lowest BCUT2D eigenvalue weighted by Gasteiger charge is -2.21. The summed E-state index contributed by atoms with van der Waals surface area (Å²) in [5.74, 6) is 0.675. The minimum Gasteiger partial charge on any atom is -0.490 e. The van der Waals surface area contributed by atoms with E-state index in [1.807, 2.05) is 13.8 Å². The fourth-order valence-electron chi connectivity index (χ4n) is 2.54. The fourth-order valence-corrected chi connectivity index (χ4v) is 3.40. The minimum absolute atomic E-state index is 0.381. The number of ether oxygens (including phenoxy) is 2. The molecule has 1 N–H and O–H groups in total. The number of anilines is 1. The van der Waals surface area contributed by atoms with E-state index in [2.05, 4.69) is 10.5 Å². The molecule has 0 aliphatic heterocycles. The van der Waals surface area contributed by atoms with Crippen LogP contribution in [0.3, 0.4) is 0 Å². The topological polar surface area (TPSA) is 97.3 Å². The number of sulfonamides is 1. The van der Waals surface area contributed by atoms with Gasteiger partial charge in [-0.25, -0.2) is 13.8 Å². The molecule has 0 fully saturated rings. The van der Waals surface area contributed by atoms with E-state index < -0.39 is 15.9 Å². The largest absolute Gasteiger partial charge is 0.490 e. The number of benzene rings is 2. The maximum Gasteiger partial charge on any atom is 0.260 e. The molecule has 2 rings (SSSR count). The molecule has 0 spiro atoms. The zero-order chi connectivity index (χ0) is 22.0. The van der Waals surface area contributed by atoms with Gasteiger partial charge in [0, 0.05) is 0 Å². The van der Waals surface area contributed by atoms with E-state index in [1.54, 1.807) is 48.5 Å². The van der Waals surface area contributed by atoms with Gasteiger partial charge >= 0.3 is 0 Å². The molecule has 2 aromatic carbocycles. The average molecular weight is 434 g/mol. The normalized spacial score (nSPS) is 11.3. The van der Waals surface area contributed by atoms with Gasteiger partial charge in [-0.15, -0.1) is 0 Å². The van der Waals surface area contributed by atoms with Gasteiger partial charge in [0.05, 0.1) is 31.4 Å². The van der Waals surface area contributed by atoms with Gasteiger partial charge in [-0.2, -0.15) is 5.10 Å². The van der Waals surface area contributed by atoms with Crippen LogP contribution in [0, 0.1) is 0 Å². The quantitative estimate of drug-likeness (QED) is 0.434. The monoisotopic (exact) mass is 433 g/mol. The van der Waals surface area contributed by atoms with Crippen molar-refractivity contribution in [3.8, 4) is 11.5 Å². The number of carbonyl (C=O) groups is 1. The van der Waals surface area contributed by atoms with Crippen LogP contribution in [0.5, 0.6) is 11.5 Å². The van der Waals surface area contributed by atoms with Crippen molar-refractivity contribution in [3.63, 3.8) is 0 Å². The van der Waals surface area contributed by atoms with Crippen molar-refractivity contribution in [2.75, 3.05) is 30.3 Å². The second-order valence-electron chi connectivity index (χ2n) is 6.39. The lowest BCUT2D eigenvalue weighted by atomic mass is 10.2. The maximum atomic E-state index is 12.2. The predicted molar refractivity (Wildman–Crippen MR) is 118 cm³/mol. The molecule has 0 aliphatic rings. The van der Waals surface area contributed by atoms with Gasteiger partial charge in [0.1, 0.15) is 6.54 Å². The summed E-state index contributed by atoms with van der Waals surface area (Å²) in [7, 11) is -3.62. The summed E-state index contributed by atoms with van der Waals surface area (Å²) in [6.45, 7) is 4.59. The molecule has 0 bridgehead atoms. The zero-order valence-electron chi connectivity index (χ0n) is 17.4. The van der Waals surface area contributed by atoms with Crippen LogP contribution < -0.4 is 19.2 Å². The minimum atomic E-state index is -3.62. The van der Waals surface area contributed by atoms with Crippen molar-refractivity contribution in [2.24, 2.45) is 5.10 Å². The second kappa shape index (κ2) is 11.2. The van der Waals surface area contributed by atoms with Crippen LogP contribution in [0.1, 0.15) is 25.8 Å². The number of hydrazone groups is 1. The molecule has 0 saturated carbocycles. The molecule has 1 amide bonds. The first-order valence-electron chi connectivity index (χ1n) is 9.59. The van der Waals surface area contributed by atoms with Gasteiger partial charge in [-0.1, -0.05) is 25.1 Å². The number of amides is 1. The number of hydrogen-bond donors (Lipinski definition) is 1. The lowest BCUT2D eigenvalue weighted by molar-refractivity contribution is -0.119.